The average Bonchev–Trinajstić information content (AvgIpc) is 2.66. The van der Waals surface area contributed by atoms with Gasteiger partial charge in [0, 0.05) is 19.2 Å². The third-order valence-electron chi connectivity index (χ3n) is 4.13. The number of hydrogen-bond acceptors (Lipinski definition) is 4. The van der Waals surface area contributed by atoms with E-state index >= 15 is 0 Å². The van der Waals surface area contributed by atoms with E-state index in [9.17, 15) is 9.59 Å². The first-order chi connectivity index (χ1) is 12.4. The van der Waals surface area contributed by atoms with Crippen LogP contribution >= 0.6 is 0 Å². The van der Waals surface area contributed by atoms with Gasteiger partial charge in [0.2, 0.25) is 5.91 Å². The standard InChI is InChI=1S/C20H23NO5/c1-14(15-4-8-17(25-3)9-5-15)12-19(22)21(2)16-6-10-18(11-7-16)26-13-20(23)24/h4-11,14H,12-13H2,1-3H3,(H,23,24). The van der Waals surface area contributed by atoms with Gasteiger partial charge in [-0.1, -0.05) is 19.1 Å². The number of anilines is 1. The number of benzene rings is 2. The van der Waals surface area contributed by atoms with Crippen LogP contribution in [0.4, 0.5) is 5.69 Å². The van der Waals surface area contributed by atoms with Crippen molar-refractivity contribution in [1.82, 2.24) is 0 Å². The van der Waals surface area contributed by atoms with Crippen molar-refractivity contribution in [2.75, 3.05) is 25.7 Å². The molecular weight excluding hydrogens is 334 g/mol. The van der Waals surface area contributed by atoms with Crippen LogP contribution in [-0.4, -0.2) is 37.7 Å². The molecule has 1 amide bonds. The minimum Gasteiger partial charge on any atom is -0.497 e. The lowest BCUT2D eigenvalue weighted by molar-refractivity contribution is -0.139. The van der Waals surface area contributed by atoms with Gasteiger partial charge >= 0.3 is 5.97 Å². The molecule has 2 aromatic carbocycles. The van der Waals surface area contributed by atoms with Crippen molar-refractivity contribution in [3.05, 3.63) is 54.1 Å². The Labute approximate surface area is 153 Å². The fourth-order valence-corrected chi connectivity index (χ4v) is 2.50. The maximum atomic E-state index is 12.5. The van der Waals surface area contributed by atoms with Gasteiger partial charge < -0.3 is 19.5 Å². The quantitative estimate of drug-likeness (QED) is 0.784. The summed E-state index contributed by atoms with van der Waals surface area (Å²) >= 11 is 0. The zero-order valence-electron chi connectivity index (χ0n) is 15.1. The van der Waals surface area contributed by atoms with E-state index in [-0.39, 0.29) is 11.8 Å². The van der Waals surface area contributed by atoms with Gasteiger partial charge in [0.1, 0.15) is 11.5 Å². The summed E-state index contributed by atoms with van der Waals surface area (Å²) in [4.78, 5) is 24.6. The maximum Gasteiger partial charge on any atom is 0.341 e. The average molecular weight is 357 g/mol. The molecule has 138 valence electrons. The lowest BCUT2D eigenvalue weighted by Gasteiger charge is -2.20. The predicted octanol–water partition coefficient (Wildman–Crippen LogP) is 3.32. The molecular formula is C20H23NO5. The monoisotopic (exact) mass is 357 g/mol. The largest absolute Gasteiger partial charge is 0.497 e. The Morgan fingerprint density at radius 1 is 1.04 bits per heavy atom. The van der Waals surface area contributed by atoms with Crippen LogP contribution in [0, 0.1) is 0 Å². The number of hydrogen-bond donors (Lipinski definition) is 1. The van der Waals surface area contributed by atoms with Crippen LogP contribution in [0.1, 0.15) is 24.8 Å². The van der Waals surface area contributed by atoms with Gasteiger partial charge in [-0.2, -0.15) is 0 Å². The van der Waals surface area contributed by atoms with Crippen molar-refractivity contribution in [3.8, 4) is 11.5 Å². The fraction of sp³-hybridized carbons (Fsp3) is 0.300. The van der Waals surface area contributed by atoms with Gasteiger partial charge in [-0.25, -0.2) is 4.79 Å². The highest BCUT2D eigenvalue weighted by Gasteiger charge is 2.16. The fourth-order valence-electron chi connectivity index (χ4n) is 2.50. The second-order valence-electron chi connectivity index (χ2n) is 6.01. The number of methoxy groups -OCH3 is 1. The van der Waals surface area contributed by atoms with Crippen molar-refractivity contribution in [3.63, 3.8) is 0 Å². The van der Waals surface area contributed by atoms with Crippen LogP contribution in [0.3, 0.4) is 0 Å². The molecule has 0 aliphatic carbocycles. The number of rotatable bonds is 8. The first-order valence-electron chi connectivity index (χ1n) is 8.26. The Bertz CT molecular complexity index is 740. The molecule has 0 saturated heterocycles. The number of carbonyl (C=O) groups excluding carboxylic acids is 1. The van der Waals surface area contributed by atoms with Crippen LogP contribution < -0.4 is 14.4 Å². The highest BCUT2D eigenvalue weighted by atomic mass is 16.5. The van der Waals surface area contributed by atoms with Crippen LogP contribution in [-0.2, 0) is 9.59 Å². The van der Waals surface area contributed by atoms with E-state index in [2.05, 4.69) is 0 Å². The molecule has 0 radical (unpaired) electrons. The maximum absolute atomic E-state index is 12.5. The minimum atomic E-state index is -1.03. The van der Waals surface area contributed by atoms with E-state index in [4.69, 9.17) is 14.6 Å². The molecule has 0 heterocycles. The molecule has 1 unspecified atom stereocenters. The molecule has 0 saturated carbocycles. The molecule has 0 aromatic heterocycles. The normalized spacial score (nSPS) is 11.5. The molecule has 2 rings (SSSR count). The van der Waals surface area contributed by atoms with Crippen molar-refractivity contribution in [1.29, 1.82) is 0 Å². The summed E-state index contributed by atoms with van der Waals surface area (Å²) in [5.41, 5.74) is 1.80. The topological polar surface area (TPSA) is 76.1 Å². The molecule has 0 bridgehead atoms. The van der Waals surface area contributed by atoms with Gasteiger partial charge in [-0.05, 0) is 47.9 Å². The molecule has 1 N–H and O–H groups in total. The summed E-state index contributed by atoms with van der Waals surface area (Å²) < 4.78 is 10.2. The summed E-state index contributed by atoms with van der Waals surface area (Å²) in [7, 11) is 3.34. The first kappa shape index (κ1) is 19.3. The van der Waals surface area contributed by atoms with Gasteiger partial charge in [0.15, 0.2) is 6.61 Å². The smallest absolute Gasteiger partial charge is 0.341 e. The van der Waals surface area contributed by atoms with E-state index in [1.54, 1.807) is 43.3 Å². The number of aliphatic carboxylic acids is 1. The SMILES string of the molecule is COc1ccc(C(C)CC(=O)N(C)c2ccc(OCC(=O)O)cc2)cc1. The molecule has 2 aromatic rings. The molecule has 6 heteroatoms. The van der Waals surface area contributed by atoms with E-state index in [1.165, 1.54) is 0 Å². The van der Waals surface area contributed by atoms with Crippen molar-refractivity contribution in [2.45, 2.75) is 19.3 Å². The number of amides is 1. The summed E-state index contributed by atoms with van der Waals surface area (Å²) in [5.74, 6) is 0.272. The highest BCUT2D eigenvalue weighted by molar-refractivity contribution is 5.93. The van der Waals surface area contributed by atoms with Gasteiger partial charge in [0.25, 0.3) is 0 Å². The summed E-state index contributed by atoms with van der Waals surface area (Å²) in [6.45, 7) is 1.61. The number of ether oxygens (including phenoxy) is 2. The molecule has 6 nitrogen and oxygen atoms in total. The Morgan fingerprint density at radius 3 is 2.15 bits per heavy atom. The zero-order valence-corrected chi connectivity index (χ0v) is 15.1. The van der Waals surface area contributed by atoms with Crippen LogP contribution in [0.15, 0.2) is 48.5 Å². The second kappa shape index (κ2) is 8.89. The van der Waals surface area contributed by atoms with Gasteiger partial charge in [-0.3, -0.25) is 4.79 Å². The summed E-state index contributed by atoms with van der Waals surface area (Å²) in [5, 5.41) is 8.61. The van der Waals surface area contributed by atoms with E-state index in [1.807, 2.05) is 31.2 Å². The van der Waals surface area contributed by atoms with Crippen molar-refractivity contribution < 1.29 is 24.2 Å². The Balaban J connectivity index is 1.96. The molecule has 26 heavy (non-hydrogen) atoms. The van der Waals surface area contributed by atoms with E-state index in [0.29, 0.717) is 12.2 Å². The molecule has 0 fully saturated rings. The molecule has 1 atom stereocenters. The van der Waals surface area contributed by atoms with Gasteiger partial charge in [-0.15, -0.1) is 0 Å². The molecule has 0 spiro atoms. The second-order valence-corrected chi connectivity index (χ2v) is 6.01. The number of carbonyl (C=O) groups is 2. The van der Waals surface area contributed by atoms with Crippen LogP contribution in [0.5, 0.6) is 11.5 Å². The molecule has 0 aliphatic heterocycles. The van der Waals surface area contributed by atoms with Crippen molar-refractivity contribution >= 4 is 17.6 Å². The number of carboxylic acid groups (broad SMARTS) is 1. The zero-order chi connectivity index (χ0) is 19.1. The minimum absolute atomic E-state index is 0.00692. The number of carboxylic acids is 1. The van der Waals surface area contributed by atoms with E-state index < -0.39 is 12.6 Å². The lowest BCUT2D eigenvalue weighted by atomic mass is 9.97. The summed E-state index contributed by atoms with van der Waals surface area (Å²) in [6.07, 6.45) is 0.375. The van der Waals surface area contributed by atoms with Gasteiger partial charge in [0.05, 0.1) is 7.11 Å². The Kier molecular flexibility index (Phi) is 6.60. The third-order valence-corrected chi connectivity index (χ3v) is 4.13. The van der Waals surface area contributed by atoms with Crippen molar-refractivity contribution in [2.24, 2.45) is 0 Å². The Hall–Kier alpha value is -3.02. The molecule has 0 aliphatic rings. The van der Waals surface area contributed by atoms with E-state index in [0.717, 1.165) is 17.0 Å². The Morgan fingerprint density at radius 2 is 1.62 bits per heavy atom. The lowest BCUT2D eigenvalue weighted by Crippen LogP contribution is -2.27. The van der Waals surface area contributed by atoms with Crippen LogP contribution in [0.2, 0.25) is 0 Å². The van der Waals surface area contributed by atoms with Crippen LogP contribution in [0.25, 0.3) is 0 Å². The number of nitrogens with zero attached hydrogens (tertiary/aromatic N) is 1. The summed E-state index contributed by atoms with van der Waals surface area (Å²) in [6, 6.07) is 14.5. The highest BCUT2D eigenvalue weighted by Crippen LogP contribution is 2.24. The third kappa shape index (κ3) is 5.24. The predicted molar refractivity (Wildman–Crippen MR) is 99.0 cm³/mol. The first-order valence-corrected chi connectivity index (χ1v) is 8.26.